The van der Waals surface area contributed by atoms with E-state index in [2.05, 4.69) is 4.98 Å². The molecule has 0 radical (unpaired) electrons. The molecule has 0 amide bonds. The van der Waals surface area contributed by atoms with Crippen LogP contribution in [0.1, 0.15) is 27.7 Å². The summed E-state index contributed by atoms with van der Waals surface area (Å²) in [4.78, 5) is 17.0. The third-order valence-electron chi connectivity index (χ3n) is 3.80. The lowest BCUT2D eigenvalue weighted by Gasteiger charge is -2.18. The molecule has 0 saturated carbocycles. The molecule has 1 unspecified atom stereocenters. The van der Waals surface area contributed by atoms with Crippen molar-refractivity contribution in [3.8, 4) is 0 Å². The summed E-state index contributed by atoms with van der Waals surface area (Å²) in [6, 6.07) is 20.4. The molecule has 0 fully saturated rings. The Kier molecular flexibility index (Phi) is 5.14. The number of aromatic nitrogens is 1. The monoisotopic (exact) mass is 367 g/mol. The van der Waals surface area contributed by atoms with Gasteiger partial charge in [-0.15, -0.1) is 0 Å². The minimum atomic E-state index is -3.32. The smallest absolute Gasteiger partial charge is 0.339 e. The maximum Gasteiger partial charge on any atom is 0.339 e. The van der Waals surface area contributed by atoms with Gasteiger partial charge in [0.1, 0.15) is 0 Å². The van der Waals surface area contributed by atoms with Gasteiger partial charge in [-0.05, 0) is 42.0 Å². The third-order valence-corrected chi connectivity index (χ3v) is 4.93. The van der Waals surface area contributed by atoms with Gasteiger partial charge in [-0.3, -0.25) is 4.98 Å². The van der Waals surface area contributed by atoms with Crippen molar-refractivity contribution in [2.24, 2.45) is 0 Å². The van der Waals surface area contributed by atoms with Crippen LogP contribution in [0.2, 0.25) is 0 Å². The highest BCUT2D eigenvalue weighted by Crippen LogP contribution is 2.25. The zero-order valence-corrected chi connectivity index (χ0v) is 14.9. The molecular weight excluding hydrogens is 350 g/mol. The number of carbonyl (C=O) groups excluding carboxylic acids is 1. The first-order chi connectivity index (χ1) is 12.4. The predicted molar refractivity (Wildman–Crippen MR) is 97.5 cm³/mol. The van der Waals surface area contributed by atoms with Gasteiger partial charge in [-0.25, -0.2) is 13.2 Å². The Labute approximate surface area is 152 Å². The minimum absolute atomic E-state index is 0.151. The van der Waals surface area contributed by atoms with Crippen LogP contribution in [0.3, 0.4) is 0 Å². The standard InChI is InChI=1S/C20H17NO4S/c1-26(23,24)17-12-10-16(11-13-17)20(22)25-19(15-7-3-2-4-8-15)18-9-5-6-14-21-18/h2-14,19H,1H3. The zero-order valence-electron chi connectivity index (χ0n) is 14.1. The van der Waals surface area contributed by atoms with E-state index in [1.54, 1.807) is 18.3 Å². The van der Waals surface area contributed by atoms with E-state index in [9.17, 15) is 13.2 Å². The van der Waals surface area contributed by atoms with Crippen LogP contribution in [0.25, 0.3) is 0 Å². The Morgan fingerprint density at radius 1 is 0.923 bits per heavy atom. The molecule has 0 aliphatic rings. The number of pyridine rings is 1. The first-order valence-electron chi connectivity index (χ1n) is 7.92. The zero-order chi connectivity index (χ0) is 18.6. The summed E-state index contributed by atoms with van der Waals surface area (Å²) in [5, 5.41) is 0. The average Bonchev–Trinajstić information content (AvgIpc) is 2.67. The summed E-state index contributed by atoms with van der Waals surface area (Å²) in [6.45, 7) is 0. The van der Waals surface area contributed by atoms with E-state index in [1.807, 2.05) is 36.4 Å². The summed E-state index contributed by atoms with van der Waals surface area (Å²) in [7, 11) is -3.32. The maximum atomic E-state index is 12.6. The number of esters is 1. The molecule has 2 aromatic carbocycles. The predicted octanol–water partition coefficient (Wildman–Crippen LogP) is 3.43. The topological polar surface area (TPSA) is 73.3 Å². The molecule has 0 bridgehead atoms. The van der Waals surface area contributed by atoms with Gasteiger partial charge in [0, 0.05) is 12.5 Å². The fourth-order valence-electron chi connectivity index (χ4n) is 2.47. The summed E-state index contributed by atoms with van der Waals surface area (Å²) >= 11 is 0. The molecular formula is C20H17NO4S. The van der Waals surface area contributed by atoms with Crippen molar-refractivity contribution in [2.45, 2.75) is 11.0 Å². The Morgan fingerprint density at radius 3 is 2.15 bits per heavy atom. The van der Waals surface area contributed by atoms with E-state index < -0.39 is 21.9 Å². The quantitative estimate of drug-likeness (QED) is 0.646. The number of rotatable bonds is 5. The number of benzene rings is 2. The van der Waals surface area contributed by atoms with Crippen molar-refractivity contribution in [1.82, 2.24) is 4.98 Å². The van der Waals surface area contributed by atoms with Crippen LogP contribution in [0.5, 0.6) is 0 Å². The largest absolute Gasteiger partial charge is 0.447 e. The molecule has 6 heteroatoms. The maximum absolute atomic E-state index is 12.6. The molecule has 132 valence electrons. The molecule has 26 heavy (non-hydrogen) atoms. The van der Waals surface area contributed by atoms with Gasteiger partial charge in [-0.1, -0.05) is 36.4 Å². The Bertz CT molecular complexity index is 946. The Morgan fingerprint density at radius 2 is 1.58 bits per heavy atom. The number of carbonyl (C=O) groups is 1. The van der Waals surface area contributed by atoms with Gasteiger partial charge in [0.25, 0.3) is 0 Å². The lowest BCUT2D eigenvalue weighted by Crippen LogP contribution is -2.14. The first-order valence-corrected chi connectivity index (χ1v) is 9.81. The lowest BCUT2D eigenvalue weighted by atomic mass is 10.1. The van der Waals surface area contributed by atoms with Gasteiger partial charge in [0.05, 0.1) is 16.2 Å². The molecule has 0 spiro atoms. The minimum Gasteiger partial charge on any atom is -0.447 e. The van der Waals surface area contributed by atoms with E-state index in [0.29, 0.717) is 5.69 Å². The highest BCUT2D eigenvalue weighted by Gasteiger charge is 2.21. The van der Waals surface area contributed by atoms with Crippen molar-refractivity contribution in [2.75, 3.05) is 6.26 Å². The third kappa shape index (κ3) is 4.15. The van der Waals surface area contributed by atoms with E-state index in [4.69, 9.17) is 4.74 Å². The van der Waals surface area contributed by atoms with Crippen LogP contribution in [-0.2, 0) is 14.6 Å². The SMILES string of the molecule is CS(=O)(=O)c1ccc(C(=O)OC(c2ccccc2)c2ccccn2)cc1. The van der Waals surface area contributed by atoms with Gasteiger partial charge in [0.15, 0.2) is 15.9 Å². The highest BCUT2D eigenvalue weighted by atomic mass is 32.2. The first kappa shape index (κ1) is 17.8. The van der Waals surface area contributed by atoms with Crippen LogP contribution in [-0.4, -0.2) is 25.6 Å². The van der Waals surface area contributed by atoms with Gasteiger partial charge < -0.3 is 4.74 Å². The van der Waals surface area contributed by atoms with Crippen molar-refractivity contribution in [3.05, 3.63) is 95.8 Å². The van der Waals surface area contributed by atoms with Gasteiger partial charge in [-0.2, -0.15) is 0 Å². The van der Waals surface area contributed by atoms with Crippen LogP contribution in [0.4, 0.5) is 0 Å². The Hall–Kier alpha value is -2.99. The van der Waals surface area contributed by atoms with Crippen LogP contribution < -0.4 is 0 Å². The van der Waals surface area contributed by atoms with E-state index in [1.165, 1.54) is 24.3 Å². The van der Waals surface area contributed by atoms with Crippen molar-refractivity contribution in [1.29, 1.82) is 0 Å². The molecule has 0 aliphatic carbocycles. The second-order valence-corrected chi connectivity index (χ2v) is 7.76. The molecule has 3 rings (SSSR count). The molecule has 1 heterocycles. The van der Waals surface area contributed by atoms with Crippen LogP contribution in [0, 0.1) is 0 Å². The summed E-state index contributed by atoms with van der Waals surface area (Å²) in [6.07, 6.45) is 2.10. The lowest BCUT2D eigenvalue weighted by molar-refractivity contribution is 0.0370. The van der Waals surface area contributed by atoms with Gasteiger partial charge >= 0.3 is 5.97 Å². The number of hydrogen-bond acceptors (Lipinski definition) is 5. The van der Waals surface area contributed by atoms with E-state index >= 15 is 0 Å². The fraction of sp³-hybridized carbons (Fsp3) is 0.100. The molecule has 5 nitrogen and oxygen atoms in total. The second-order valence-electron chi connectivity index (χ2n) is 5.75. The normalized spacial score (nSPS) is 12.3. The number of ether oxygens (including phenoxy) is 1. The summed E-state index contributed by atoms with van der Waals surface area (Å²) in [5.41, 5.74) is 1.68. The van der Waals surface area contributed by atoms with Crippen molar-refractivity contribution in [3.63, 3.8) is 0 Å². The Balaban J connectivity index is 1.88. The van der Waals surface area contributed by atoms with E-state index in [0.717, 1.165) is 11.8 Å². The molecule has 3 aromatic rings. The number of nitrogens with zero attached hydrogens (tertiary/aromatic N) is 1. The average molecular weight is 367 g/mol. The summed E-state index contributed by atoms with van der Waals surface area (Å²) < 4.78 is 28.8. The molecule has 0 N–H and O–H groups in total. The number of sulfone groups is 1. The fourth-order valence-corrected chi connectivity index (χ4v) is 3.10. The number of hydrogen-bond donors (Lipinski definition) is 0. The summed E-state index contributed by atoms with van der Waals surface area (Å²) in [5.74, 6) is -0.551. The van der Waals surface area contributed by atoms with Crippen LogP contribution >= 0.6 is 0 Å². The van der Waals surface area contributed by atoms with Crippen molar-refractivity contribution >= 4 is 15.8 Å². The molecule has 0 saturated heterocycles. The highest BCUT2D eigenvalue weighted by molar-refractivity contribution is 7.90. The molecule has 1 aromatic heterocycles. The van der Waals surface area contributed by atoms with Gasteiger partial charge in [0.2, 0.25) is 0 Å². The van der Waals surface area contributed by atoms with Crippen LogP contribution in [0.15, 0.2) is 83.9 Å². The van der Waals surface area contributed by atoms with E-state index in [-0.39, 0.29) is 10.5 Å². The van der Waals surface area contributed by atoms with Crippen molar-refractivity contribution < 1.29 is 17.9 Å². The second kappa shape index (κ2) is 7.49. The molecule has 1 atom stereocenters. The molecule has 0 aliphatic heterocycles.